The minimum Gasteiger partial charge on any atom is -0.332 e. The van der Waals surface area contributed by atoms with Crippen LogP contribution in [0.15, 0.2) is 89.8 Å². The number of amides is 1. The molecule has 210 valence electrons. The van der Waals surface area contributed by atoms with Crippen LogP contribution in [0.2, 0.25) is 0 Å². The number of carbonyl (C=O) groups excluding carboxylic acids is 1. The van der Waals surface area contributed by atoms with E-state index in [2.05, 4.69) is 39.8 Å². The molecule has 3 aromatic rings. The van der Waals surface area contributed by atoms with E-state index in [-0.39, 0.29) is 22.0 Å². The molecule has 5 rings (SSSR count). The highest BCUT2D eigenvalue weighted by Gasteiger charge is 2.32. The van der Waals surface area contributed by atoms with E-state index in [1.54, 1.807) is 28.6 Å². The van der Waals surface area contributed by atoms with Gasteiger partial charge in [-0.15, -0.1) is 0 Å². The number of piperazine rings is 1. The quantitative estimate of drug-likeness (QED) is 0.360. The fraction of sp³-hybridized carbons (Fsp3) is 0.355. The van der Waals surface area contributed by atoms with Crippen molar-refractivity contribution in [1.29, 1.82) is 0 Å². The smallest absolute Gasteiger partial charge is 0.243 e. The molecule has 3 aromatic carbocycles. The third-order valence-corrected chi connectivity index (χ3v) is 9.94. The Morgan fingerprint density at radius 2 is 1.38 bits per heavy atom. The molecule has 40 heavy (non-hydrogen) atoms. The van der Waals surface area contributed by atoms with Crippen molar-refractivity contribution < 1.29 is 13.2 Å². The van der Waals surface area contributed by atoms with Gasteiger partial charge in [-0.05, 0) is 66.4 Å². The molecule has 1 heterocycles. The summed E-state index contributed by atoms with van der Waals surface area (Å²) in [5.74, 6) is 0.362. The highest BCUT2D eigenvalue weighted by Crippen LogP contribution is 2.31. The summed E-state index contributed by atoms with van der Waals surface area (Å²) in [5, 5.41) is 5.95. The number of nitrogens with zero attached hydrogens (tertiary/aromatic N) is 2. The van der Waals surface area contributed by atoms with E-state index in [4.69, 9.17) is 12.2 Å². The summed E-state index contributed by atoms with van der Waals surface area (Å²) < 4.78 is 28.5. The Hall–Kier alpha value is -3.11. The van der Waals surface area contributed by atoms with Crippen LogP contribution in [0.1, 0.15) is 49.3 Å². The van der Waals surface area contributed by atoms with Gasteiger partial charge in [0, 0.05) is 38.3 Å². The molecule has 1 saturated carbocycles. The third-order valence-electron chi connectivity index (χ3n) is 7.82. The highest BCUT2D eigenvalue weighted by molar-refractivity contribution is 7.89. The van der Waals surface area contributed by atoms with Gasteiger partial charge in [0.25, 0.3) is 0 Å². The molecule has 1 amide bonds. The zero-order chi connectivity index (χ0) is 28.0. The number of sulfonamides is 1. The maximum absolute atomic E-state index is 13.5. The normalized spacial score (nSPS) is 17.1. The van der Waals surface area contributed by atoms with Gasteiger partial charge in [-0.2, -0.15) is 4.31 Å². The fourth-order valence-corrected chi connectivity index (χ4v) is 7.42. The number of rotatable bonds is 8. The van der Waals surface area contributed by atoms with Gasteiger partial charge in [-0.3, -0.25) is 9.69 Å². The first-order valence-electron chi connectivity index (χ1n) is 13.9. The van der Waals surface area contributed by atoms with Gasteiger partial charge >= 0.3 is 0 Å². The molecule has 7 nitrogen and oxygen atoms in total. The van der Waals surface area contributed by atoms with Crippen LogP contribution in [0.5, 0.6) is 0 Å². The van der Waals surface area contributed by atoms with Crippen LogP contribution in [0.25, 0.3) is 0 Å². The average molecular weight is 577 g/mol. The zero-order valence-corrected chi connectivity index (χ0v) is 24.2. The van der Waals surface area contributed by atoms with Crippen molar-refractivity contribution in [3.63, 3.8) is 0 Å². The molecule has 2 fully saturated rings. The van der Waals surface area contributed by atoms with Crippen molar-refractivity contribution in [3.05, 3.63) is 96.1 Å². The predicted octanol–water partition coefficient (Wildman–Crippen LogP) is 5.18. The van der Waals surface area contributed by atoms with E-state index < -0.39 is 10.0 Å². The molecular weight excluding hydrogens is 541 g/mol. The third kappa shape index (κ3) is 6.96. The van der Waals surface area contributed by atoms with Crippen LogP contribution >= 0.6 is 12.2 Å². The van der Waals surface area contributed by atoms with Gasteiger partial charge in [0.05, 0.1) is 10.9 Å². The van der Waals surface area contributed by atoms with Gasteiger partial charge in [-0.1, -0.05) is 73.5 Å². The number of anilines is 1. The number of hydrogen-bond acceptors (Lipinski definition) is 5. The Labute approximate surface area is 242 Å². The maximum atomic E-state index is 13.5. The van der Waals surface area contributed by atoms with Gasteiger partial charge < -0.3 is 10.6 Å². The van der Waals surface area contributed by atoms with Crippen LogP contribution in [0.4, 0.5) is 5.69 Å². The molecule has 1 aliphatic carbocycles. The maximum Gasteiger partial charge on any atom is 0.243 e. The largest absolute Gasteiger partial charge is 0.332 e. The summed E-state index contributed by atoms with van der Waals surface area (Å²) in [4.78, 5) is 14.9. The topological polar surface area (TPSA) is 81.8 Å². The van der Waals surface area contributed by atoms with E-state index in [0.717, 1.165) is 12.8 Å². The van der Waals surface area contributed by atoms with Gasteiger partial charge in [0.2, 0.25) is 15.9 Å². The molecule has 0 atom stereocenters. The van der Waals surface area contributed by atoms with E-state index in [0.29, 0.717) is 44.2 Å². The van der Waals surface area contributed by atoms with Gasteiger partial charge in [-0.25, -0.2) is 8.42 Å². The van der Waals surface area contributed by atoms with Crippen LogP contribution < -0.4 is 10.6 Å². The summed E-state index contributed by atoms with van der Waals surface area (Å²) in [6, 6.07) is 27.3. The summed E-state index contributed by atoms with van der Waals surface area (Å²) in [5.41, 5.74) is 3.02. The Kier molecular flexibility index (Phi) is 9.26. The number of nitrogens with one attached hydrogen (secondary N) is 2. The Balaban J connectivity index is 1.18. The number of hydrogen-bond donors (Lipinski definition) is 2. The van der Waals surface area contributed by atoms with Crippen LogP contribution in [0, 0.1) is 5.92 Å². The second-order valence-corrected chi connectivity index (χ2v) is 12.9. The lowest BCUT2D eigenvalue weighted by molar-refractivity contribution is -0.120. The number of thiocarbonyl (C=S) groups is 1. The molecule has 2 aliphatic rings. The molecular formula is C31H36N4O3S2. The standard InChI is InChI=1S/C31H36N4O3S2/c36-29(23-24-9-7-8-10-24)33-31(39)32-27-15-17-28(18-16-27)40(37,38)35-21-19-34(20-22-35)30(25-11-3-1-4-12-25)26-13-5-2-6-14-26/h1-6,11-18,24,30H,7-10,19-23H2,(H2,32,33,36,39). The molecule has 0 aromatic heterocycles. The molecule has 0 radical (unpaired) electrons. The fourth-order valence-electron chi connectivity index (χ4n) is 5.76. The van der Waals surface area contributed by atoms with E-state index in [1.165, 1.54) is 24.0 Å². The number of carbonyl (C=O) groups is 1. The molecule has 2 N–H and O–H groups in total. The van der Waals surface area contributed by atoms with Crippen molar-refractivity contribution in [3.8, 4) is 0 Å². The first-order valence-corrected chi connectivity index (χ1v) is 15.8. The van der Waals surface area contributed by atoms with Gasteiger partial charge in [0.15, 0.2) is 5.11 Å². The molecule has 1 aliphatic heterocycles. The molecule has 9 heteroatoms. The van der Waals surface area contributed by atoms with Crippen molar-refractivity contribution >= 4 is 38.9 Å². The number of benzene rings is 3. The first-order chi connectivity index (χ1) is 19.4. The Morgan fingerprint density at radius 3 is 1.93 bits per heavy atom. The second-order valence-electron chi connectivity index (χ2n) is 10.5. The van der Waals surface area contributed by atoms with Crippen LogP contribution in [-0.2, 0) is 14.8 Å². The van der Waals surface area contributed by atoms with Gasteiger partial charge in [0.1, 0.15) is 0 Å². The molecule has 0 bridgehead atoms. The predicted molar refractivity (Wildman–Crippen MR) is 162 cm³/mol. The lowest BCUT2D eigenvalue weighted by Gasteiger charge is -2.39. The summed E-state index contributed by atoms with van der Waals surface area (Å²) in [6.07, 6.45) is 5.06. The summed E-state index contributed by atoms with van der Waals surface area (Å²) in [6.45, 7) is 2.08. The van der Waals surface area contributed by atoms with E-state index in [9.17, 15) is 13.2 Å². The van der Waals surface area contributed by atoms with Crippen molar-refractivity contribution in [2.75, 3.05) is 31.5 Å². The van der Waals surface area contributed by atoms with E-state index >= 15 is 0 Å². The lowest BCUT2D eigenvalue weighted by Crippen LogP contribution is -2.49. The first kappa shape index (κ1) is 28.4. The highest BCUT2D eigenvalue weighted by atomic mass is 32.2. The SMILES string of the molecule is O=C(CC1CCCC1)NC(=S)Nc1ccc(S(=O)(=O)N2CCN(C(c3ccccc3)c3ccccc3)CC2)cc1. The monoisotopic (exact) mass is 576 g/mol. The Bertz CT molecular complexity index is 1350. The molecule has 0 spiro atoms. The molecule has 1 saturated heterocycles. The Morgan fingerprint density at radius 1 is 0.825 bits per heavy atom. The minimum absolute atomic E-state index is 0.0695. The zero-order valence-electron chi connectivity index (χ0n) is 22.5. The van der Waals surface area contributed by atoms with E-state index in [1.807, 2.05) is 36.4 Å². The molecule has 0 unspecified atom stereocenters. The minimum atomic E-state index is -3.64. The van der Waals surface area contributed by atoms with Crippen molar-refractivity contribution in [2.45, 2.75) is 43.0 Å². The average Bonchev–Trinajstić information content (AvgIpc) is 3.48. The van der Waals surface area contributed by atoms with Crippen molar-refractivity contribution in [2.24, 2.45) is 5.92 Å². The van der Waals surface area contributed by atoms with Crippen molar-refractivity contribution in [1.82, 2.24) is 14.5 Å². The summed E-state index contributed by atoms with van der Waals surface area (Å²) in [7, 11) is -3.64. The second kappa shape index (κ2) is 13.0. The van der Waals surface area contributed by atoms with Crippen LogP contribution in [0.3, 0.4) is 0 Å². The lowest BCUT2D eigenvalue weighted by atomic mass is 9.96. The summed E-state index contributed by atoms with van der Waals surface area (Å²) >= 11 is 5.29. The van der Waals surface area contributed by atoms with Crippen LogP contribution in [-0.4, -0.2) is 54.8 Å².